The number of likely N-dealkylation sites (tertiary alicyclic amines) is 1. The van der Waals surface area contributed by atoms with Crippen molar-refractivity contribution in [3.8, 4) is 5.75 Å². The van der Waals surface area contributed by atoms with Gasteiger partial charge in [-0.05, 0) is 48.9 Å². The van der Waals surface area contributed by atoms with Crippen LogP contribution in [0, 0.1) is 6.92 Å². The number of H-pyrrole nitrogens is 1. The Morgan fingerprint density at radius 2 is 1.88 bits per heavy atom. The van der Waals surface area contributed by atoms with Gasteiger partial charge in [0.1, 0.15) is 16.3 Å². The van der Waals surface area contributed by atoms with Gasteiger partial charge in [0.15, 0.2) is 0 Å². The molecule has 0 unspecified atom stereocenters. The standard InChI is InChI=1S/C19H24N2O4S/c1-13(2)16-7-6-14(3)10-18(16)25-26(23,24)15-11-17(20-12-15)19(22)21-8-4-5-9-21/h6-7,10-13,20H,4-5,8-9H2,1-3H3. The van der Waals surface area contributed by atoms with Crippen LogP contribution in [0.5, 0.6) is 5.75 Å². The summed E-state index contributed by atoms with van der Waals surface area (Å²) in [5.74, 6) is 0.273. The molecule has 0 spiro atoms. The summed E-state index contributed by atoms with van der Waals surface area (Å²) in [6.07, 6.45) is 3.27. The fourth-order valence-corrected chi connectivity index (χ4v) is 4.03. The second-order valence-corrected chi connectivity index (χ2v) is 8.53. The highest BCUT2D eigenvalue weighted by molar-refractivity contribution is 7.87. The first-order valence-corrected chi connectivity index (χ1v) is 10.2. The van der Waals surface area contributed by atoms with Crippen LogP contribution in [0.1, 0.15) is 54.2 Å². The number of hydrogen-bond acceptors (Lipinski definition) is 4. The molecular formula is C19H24N2O4S. The molecule has 0 aliphatic carbocycles. The number of aromatic nitrogens is 1. The van der Waals surface area contributed by atoms with E-state index in [1.165, 1.54) is 12.3 Å². The van der Waals surface area contributed by atoms with Crippen molar-refractivity contribution in [2.24, 2.45) is 0 Å². The number of carbonyl (C=O) groups is 1. The maximum Gasteiger partial charge on any atom is 0.340 e. The van der Waals surface area contributed by atoms with Crippen LogP contribution in [0.15, 0.2) is 35.4 Å². The first-order chi connectivity index (χ1) is 12.3. The van der Waals surface area contributed by atoms with Crippen molar-refractivity contribution in [2.45, 2.75) is 44.4 Å². The van der Waals surface area contributed by atoms with Crippen LogP contribution in [0.4, 0.5) is 0 Å². The molecular weight excluding hydrogens is 352 g/mol. The van der Waals surface area contributed by atoms with Gasteiger partial charge in [-0.3, -0.25) is 4.79 Å². The molecule has 1 saturated heterocycles. The summed E-state index contributed by atoms with van der Waals surface area (Å²) in [5.41, 5.74) is 2.00. The van der Waals surface area contributed by atoms with Gasteiger partial charge in [-0.25, -0.2) is 0 Å². The largest absolute Gasteiger partial charge is 0.379 e. The van der Waals surface area contributed by atoms with Gasteiger partial charge in [0.05, 0.1) is 0 Å². The van der Waals surface area contributed by atoms with Gasteiger partial charge in [-0.1, -0.05) is 26.0 Å². The molecule has 1 aromatic carbocycles. The van der Waals surface area contributed by atoms with Crippen LogP contribution in [0.3, 0.4) is 0 Å². The maximum atomic E-state index is 12.7. The summed E-state index contributed by atoms with van der Waals surface area (Å²) < 4.78 is 30.8. The fraction of sp³-hybridized carbons (Fsp3) is 0.421. The Morgan fingerprint density at radius 1 is 1.19 bits per heavy atom. The number of carbonyl (C=O) groups excluding carboxylic acids is 1. The van der Waals surface area contributed by atoms with E-state index in [-0.39, 0.29) is 22.4 Å². The summed E-state index contributed by atoms with van der Waals surface area (Å²) in [5, 5.41) is 0. The number of aryl methyl sites for hydroxylation is 1. The Morgan fingerprint density at radius 3 is 2.54 bits per heavy atom. The van der Waals surface area contributed by atoms with Gasteiger partial charge in [-0.15, -0.1) is 0 Å². The molecule has 7 heteroatoms. The van der Waals surface area contributed by atoms with Crippen molar-refractivity contribution in [1.82, 2.24) is 9.88 Å². The molecule has 1 aliphatic heterocycles. The second-order valence-electron chi connectivity index (χ2n) is 6.98. The van der Waals surface area contributed by atoms with E-state index in [1.807, 2.05) is 32.9 Å². The Bertz CT molecular complexity index is 909. The van der Waals surface area contributed by atoms with E-state index < -0.39 is 10.1 Å². The second kappa shape index (κ2) is 7.15. The zero-order valence-electron chi connectivity index (χ0n) is 15.3. The van der Waals surface area contributed by atoms with E-state index in [1.54, 1.807) is 11.0 Å². The summed E-state index contributed by atoms with van der Waals surface area (Å²) in [6, 6.07) is 6.87. The van der Waals surface area contributed by atoms with Gasteiger partial charge in [-0.2, -0.15) is 8.42 Å². The first kappa shape index (κ1) is 18.5. The van der Waals surface area contributed by atoms with E-state index in [0.717, 1.165) is 24.0 Å². The lowest BCUT2D eigenvalue weighted by Gasteiger charge is -2.14. The molecule has 1 fully saturated rings. The number of rotatable bonds is 5. The number of nitrogens with one attached hydrogen (secondary N) is 1. The molecule has 0 saturated carbocycles. The smallest absolute Gasteiger partial charge is 0.340 e. The van der Waals surface area contributed by atoms with E-state index in [4.69, 9.17) is 4.18 Å². The predicted octanol–water partition coefficient (Wildman–Crippen LogP) is 3.45. The molecule has 1 amide bonds. The first-order valence-electron chi connectivity index (χ1n) is 8.80. The Labute approximate surface area is 154 Å². The SMILES string of the molecule is Cc1ccc(C(C)C)c(OS(=O)(=O)c2c[nH]c(C(=O)N3CCCC3)c2)c1. The zero-order chi connectivity index (χ0) is 18.9. The predicted molar refractivity (Wildman–Crippen MR) is 99.0 cm³/mol. The minimum Gasteiger partial charge on any atom is -0.379 e. The molecule has 1 aromatic heterocycles. The summed E-state index contributed by atoms with van der Waals surface area (Å²) in [6.45, 7) is 7.25. The molecule has 6 nitrogen and oxygen atoms in total. The lowest BCUT2D eigenvalue weighted by atomic mass is 10.0. The monoisotopic (exact) mass is 376 g/mol. The Balaban J connectivity index is 1.85. The maximum absolute atomic E-state index is 12.7. The average molecular weight is 376 g/mol. The topological polar surface area (TPSA) is 79.5 Å². The zero-order valence-corrected chi connectivity index (χ0v) is 16.1. The molecule has 0 atom stereocenters. The molecule has 0 bridgehead atoms. The van der Waals surface area contributed by atoms with Crippen LogP contribution in [0.2, 0.25) is 0 Å². The highest BCUT2D eigenvalue weighted by atomic mass is 32.2. The van der Waals surface area contributed by atoms with Gasteiger partial charge in [0, 0.05) is 19.3 Å². The Hall–Kier alpha value is -2.28. The van der Waals surface area contributed by atoms with Crippen molar-refractivity contribution in [3.05, 3.63) is 47.3 Å². The quantitative estimate of drug-likeness (QED) is 0.811. The van der Waals surface area contributed by atoms with E-state index in [9.17, 15) is 13.2 Å². The van der Waals surface area contributed by atoms with Crippen molar-refractivity contribution in [1.29, 1.82) is 0 Å². The number of aromatic amines is 1. The molecule has 1 aliphatic rings. The van der Waals surface area contributed by atoms with Crippen molar-refractivity contribution in [3.63, 3.8) is 0 Å². The molecule has 26 heavy (non-hydrogen) atoms. The third-order valence-electron chi connectivity index (χ3n) is 4.56. The average Bonchev–Trinajstić information content (AvgIpc) is 3.26. The van der Waals surface area contributed by atoms with Crippen LogP contribution in [-0.2, 0) is 10.1 Å². The van der Waals surface area contributed by atoms with Crippen molar-refractivity contribution in [2.75, 3.05) is 13.1 Å². The lowest BCUT2D eigenvalue weighted by Crippen LogP contribution is -2.27. The summed E-state index contributed by atoms with van der Waals surface area (Å²) >= 11 is 0. The highest BCUT2D eigenvalue weighted by Crippen LogP contribution is 2.30. The van der Waals surface area contributed by atoms with Crippen molar-refractivity contribution < 1.29 is 17.4 Å². The minimum absolute atomic E-state index is 0.0451. The lowest BCUT2D eigenvalue weighted by molar-refractivity contribution is 0.0787. The van der Waals surface area contributed by atoms with E-state index in [2.05, 4.69) is 4.98 Å². The molecule has 2 heterocycles. The summed E-state index contributed by atoms with van der Waals surface area (Å²) in [7, 11) is -4.02. The van der Waals surface area contributed by atoms with Gasteiger partial charge in [0.25, 0.3) is 5.91 Å². The summed E-state index contributed by atoms with van der Waals surface area (Å²) in [4.78, 5) is 16.8. The number of hydrogen-bond donors (Lipinski definition) is 1. The molecule has 3 rings (SSSR count). The van der Waals surface area contributed by atoms with Crippen LogP contribution in [-0.4, -0.2) is 37.3 Å². The Kier molecular flexibility index (Phi) is 5.09. The minimum atomic E-state index is -4.02. The van der Waals surface area contributed by atoms with Gasteiger partial charge >= 0.3 is 10.1 Å². The van der Waals surface area contributed by atoms with Crippen LogP contribution >= 0.6 is 0 Å². The van der Waals surface area contributed by atoms with Crippen LogP contribution in [0.25, 0.3) is 0 Å². The van der Waals surface area contributed by atoms with E-state index >= 15 is 0 Å². The highest BCUT2D eigenvalue weighted by Gasteiger charge is 2.25. The fourth-order valence-electron chi connectivity index (χ4n) is 3.09. The third-order valence-corrected chi connectivity index (χ3v) is 5.77. The molecule has 1 N–H and O–H groups in total. The molecule has 140 valence electrons. The van der Waals surface area contributed by atoms with Gasteiger partial charge < -0.3 is 14.1 Å². The normalized spacial score (nSPS) is 14.8. The van der Waals surface area contributed by atoms with E-state index in [0.29, 0.717) is 18.8 Å². The molecule has 0 radical (unpaired) electrons. The number of nitrogens with zero attached hydrogens (tertiary/aromatic N) is 1. The number of benzene rings is 1. The molecule has 2 aromatic rings. The van der Waals surface area contributed by atoms with Crippen molar-refractivity contribution >= 4 is 16.0 Å². The van der Waals surface area contributed by atoms with Gasteiger partial charge in [0.2, 0.25) is 0 Å². The number of amides is 1. The van der Waals surface area contributed by atoms with Crippen LogP contribution < -0.4 is 4.18 Å². The third kappa shape index (κ3) is 3.77.